The molecule has 2 nitrogen and oxygen atoms in total. The first-order valence-corrected chi connectivity index (χ1v) is 9.40. The lowest BCUT2D eigenvalue weighted by atomic mass is 9.81. The highest BCUT2D eigenvalue weighted by atomic mass is 16.3. The number of benzene rings is 1. The van der Waals surface area contributed by atoms with E-state index in [1.165, 1.54) is 0 Å². The van der Waals surface area contributed by atoms with Gasteiger partial charge in [-0.2, -0.15) is 5.26 Å². The van der Waals surface area contributed by atoms with Gasteiger partial charge >= 0.3 is 0 Å². The maximum atomic E-state index is 11.1. The Morgan fingerprint density at radius 1 is 1.10 bits per heavy atom. The molecule has 0 aromatic heterocycles. The summed E-state index contributed by atoms with van der Waals surface area (Å²) in [6.07, 6.45) is 3.63. The van der Waals surface area contributed by atoms with E-state index in [4.69, 9.17) is 0 Å². The summed E-state index contributed by atoms with van der Waals surface area (Å²) in [5, 5.41) is 20.3. The summed E-state index contributed by atoms with van der Waals surface area (Å²) in [6.45, 7) is 21.8. The van der Waals surface area contributed by atoms with Gasteiger partial charge in [0.1, 0.15) is 5.76 Å². The average Bonchev–Trinajstić information content (AvgIpc) is 2.74. The lowest BCUT2D eigenvalue weighted by Gasteiger charge is -2.22. The topological polar surface area (TPSA) is 44.0 Å². The zero-order valence-electron chi connectivity index (χ0n) is 17.9. The number of hydrogen-bond acceptors (Lipinski definition) is 2. The molecule has 146 valence electrons. The Hall–Kier alpha value is -3.53. The van der Waals surface area contributed by atoms with Crippen molar-refractivity contribution in [3.05, 3.63) is 117 Å². The van der Waals surface area contributed by atoms with Crippen LogP contribution in [0.5, 0.6) is 0 Å². The molecule has 0 radical (unpaired) electrons. The van der Waals surface area contributed by atoms with Crippen molar-refractivity contribution in [1.82, 2.24) is 0 Å². The lowest BCUT2D eigenvalue weighted by molar-refractivity contribution is 0.426. The molecule has 1 aromatic rings. The highest BCUT2D eigenvalue weighted by Crippen LogP contribution is 2.41. The molecule has 0 unspecified atom stereocenters. The summed E-state index contributed by atoms with van der Waals surface area (Å²) in [5.41, 5.74) is 12.3. The standard InChI is InChI=1S/C27H27NO/c1-9-18(5)25(16(2)3)27(23-11-10-22(15-28)14-20(23)7)26-21(8)19(6)12-17(4)13-24(26)29/h10-14,29H,1-2,4H2,3,5-8H3/b27-25-. The zero-order valence-corrected chi connectivity index (χ0v) is 17.9. The fourth-order valence-electron chi connectivity index (χ4n) is 3.60. The molecule has 0 atom stereocenters. The van der Waals surface area contributed by atoms with Crippen molar-refractivity contribution in [3.8, 4) is 6.07 Å². The van der Waals surface area contributed by atoms with Gasteiger partial charge in [-0.1, -0.05) is 31.9 Å². The maximum absolute atomic E-state index is 11.1. The molecular weight excluding hydrogens is 354 g/mol. The van der Waals surface area contributed by atoms with Crippen molar-refractivity contribution in [2.75, 3.05) is 0 Å². The number of aryl methyl sites for hydroxylation is 1. The summed E-state index contributed by atoms with van der Waals surface area (Å²) >= 11 is 0. The van der Waals surface area contributed by atoms with E-state index in [1.807, 2.05) is 52.8 Å². The van der Waals surface area contributed by atoms with E-state index >= 15 is 0 Å². The number of nitriles is 1. The normalized spacial score (nSPS) is 14.8. The predicted molar refractivity (Wildman–Crippen MR) is 122 cm³/mol. The van der Waals surface area contributed by atoms with Crippen LogP contribution in [0.2, 0.25) is 0 Å². The number of aliphatic hydroxyl groups excluding tert-OH is 1. The monoisotopic (exact) mass is 381 g/mol. The zero-order chi connectivity index (χ0) is 21.9. The van der Waals surface area contributed by atoms with Crippen molar-refractivity contribution in [3.63, 3.8) is 0 Å². The van der Waals surface area contributed by atoms with E-state index in [9.17, 15) is 10.4 Å². The second kappa shape index (κ2) is 8.65. The maximum Gasteiger partial charge on any atom is 0.124 e. The van der Waals surface area contributed by atoms with E-state index < -0.39 is 0 Å². The van der Waals surface area contributed by atoms with Crippen LogP contribution in [0.25, 0.3) is 5.57 Å². The van der Waals surface area contributed by atoms with E-state index in [1.54, 1.807) is 12.1 Å². The van der Waals surface area contributed by atoms with Crippen LogP contribution in [0.1, 0.15) is 44.4 Å². The molecule has 1 aromatic carbocycles. The number of nitrogens with zero attached hydrogens (tertiary/aromatic N) is 1. The molecule has 1 N–H and O–H groups in total. The van der Waals surface area contributed by atoms with Crippen LogP contribution in [0.4, 0.5) is 0 Å². The summed E-state index contributed by atoms with van der Waals surface area (Å²) in [4.78, 5) is 0. The second-order valence-electron chi connectivity index (χ2n) is 7.41. The van der Waals surface area contributed by atoms with Gasteiger partial charge in [-0.25, -0.2) is 0 Å². The first kappa shape index (κ1) is 21.8. The molecule has 1 aliphatic rings. The second-order valence-corrected chi connectivity index (χ2v) is 7.41. The van der Waals surface area contributed by atoms with Crippen LogP contribution in [0.15, 0.2) is 101 Å². The molecule has 0 saturated carbocycles. The molecular formula is C27H27NO. The summed E-state index contributed by atoms with van der Waals surface area (Å²) in [6, 6.07) is 7.76. The van der Waals surface area contributed by atoms with Gasteiger partial charge in [-0.3, -0.25) is 0 Å². The Bertz CT molecular complexity index is 1130. The van der Waals surface area contributed by atoms with Gasteiger partial charge in [0, 0.05) is 11.1 Å². The van der Waals surface area contributed by atoms with E-state index in [-0.39, 0.29) is 5.76 Å². The van der Waals surface area contributed by atoms with Crippen LogP contribution < -0.4 is 0 Å². The molecule has 0 bridgehead atoms. The first-order valence-electron chi connectivity index (χ1n) is 9.40. The molecule has 0 aliphatic heterocycles. The van der Waals surface area contributed by atoms with Gasteiger partial charge in [-0.15, -0.1) is 5.73 Å². The van der Waals surface area contributed by atoms with Crippen LogP contribution >= 0.6 is 0 Å². The third-order valence-electron chi connectivity index (χ3n) is 5.14. The van der Waals surface area contributed by atoms with E-state index in [2.05, 4.69) is 31.5 Å². The van der Waals surface area contributed by atoms with E-state index in [0.717, 1.165) is 55.7 Å². The summed E-state index contributed by atoms with van der Waals surface area (Å²) in [7, 11) is 0. The summed E-state index contributed by atoms with van der Waals surface area (Å²) in [5.74, 6) is 0.148. The molecule has 0 fully saturated rings. The molecule has 1 aliphatic carbocycles. The average molecular weight is 382 g/mol. The predicted octanol–water partition coefficient (Wildman–Crippen LogP) is 7.20. The van der Waals surface area contributed by atoms with Crippen LogP contribution in [-0.2, 0) is 0 Å². The Kier molecular flexibility index (Phi) is 6.49. The van der Waals surface area contributed by atoms with Crippen molar-refractivity contribution < 1.29 is 5.11 Å². The molecule has 29 heavy (non-hydrogen) atoms. The van der Waals surface area contributed by atoms with Gasteiger partial charge < -0.3 is 5.11 Å². The van der Waals surface area contributed by atoms with Gasteiger partial charge in [0.15, 0.2) is 0 Å². The molecule has 2 heteroatoms. The minimum atomic E-state index is 0.148. The number of rotatable bonds is 4. The Balaban J connectivity index is 3.11. The van der Waals surface area contributed by atoms with Gasteiger partial charge in [0.05, 0.1) is 11.6 Å². The highest BCUT2D eigenvalue weighted by Gasteiger charge is 2.24. The van der Waals surface area contributed by atoms with Crippen molar-refractivity contribution in [2.45, 2.75) is 34.6 Å². The number of aliphatic hydroxyl groups is 1. The third kappa shape index (κ3) is 4.32. The van der Waals surface area contributed by atoms with Gasteiger partial charge in [0.25, 0.3) is 0 Å². The Labute approximate surface area is 174 Å². The molecule has 0 saturated heterocycles. The SMILES string of the molecule is C=C=C(C)/C(C(=C)C)=C(\C1=C(C)C(C)=CC(=C)C=C1O)c1ccc(C#N)cc1C. The fraction of sp³-hybridized carbons (Fsp3) is 0.185. The van der Waals surface area contributed by atoms with Crippen molar-refractivity contribution in [2.24, 2.45) is 0 Å². The van der Waals surface area contributed by atoms with Gasteiger partial charge in [-0.05, 0) is 97.4 Å². The number of hydrogen-bond donors (Lipinski definition) is 1. The fourth-order valence-corrected chi connectivity index (χ4v) is 3.60. The smallest absolute Gasteiger partial charge is 0.124 e. The molecule has 0 heterocycles. The molecule has 2 rings (SSSR count). The van der Waals surface area contributed by atoms with Crippen LogP contribution in [-0.4, -0.2) is 5.11 Å². The first-order chi connectivity index (χ1) is 13.6. The quantitative estimate of drug-likeness (QED) is 0.442. The lowest BCUT2D eigenvalue weighted by Crippen LogP contribution is -2.05. The Morgan fingerprint density at radius 2 is 1.76 bits per heavy atom. The van der Waals surface area contributed by atoms with E-state index in [0.29, 0.717) is 5.56 Å². The Morgan fingerprint density at radius 3 is 2.28 bits per heavy atom. The third-order valence-corrected chi connectivity index (χ3v) is 5.14. The van der Waals surface area contributed by atoms with Crippen molar-refractivity contribution >= 4 is 5.57 Å². The van der Waals surface area contributed by atoms with Gasteiger partial charge in [0.2, 0.25) is 0 Å². The molecule has 0 amide bonds. The largest absolute Gasteiger partial charge is 0.507 e. The van der Waals surface area contributed by atoms with Crippen LogP contribution in [0.3, 0.4) is 0 Å². The molecule has 0 spiro atoms. The minimum Gasteiger partial charge on any atom is -0.507 e. The number of allylic oxidation sites excluding steroid dienone is 9. The minimum absolute atomic E-state index is 0.148. The van der Waals surface area contributed by atoms with Crippen LogP contribution in [0, 0.1) is 18.3 Å². The highest BCUT2D eigenvalue weighted by molar-refractivity contribution is 5.92. The summed E-state index contributed by atoms with van der Waals surface area (Å²) < 4.78 is 0. The van der Waals surface area contributed by atoms with Crippen molar-refractivity contribution in [1.29, 1.82) is 5.26 Å².